The van der Waals surface area contributed by atoms with Crippen molar-refractivity contribution in [2.75, 3.05) is 14.2 Å². The van der Waals surface area contributed by atoms with Crippen LogP contribution in [0.5, 0.6) is 17.2 Å². The van der Waals surface area contributed by atoms with E-state index in [9.17, 15) is 18.4 Å². The number of Topliss-reactive ketones (excluding diaryl/α,β-unsaturated/α-hetero) is 1. The van der Waals surface area contributed by atoms with Crippen LogP contribution in [0.2, 0.25) is 0 Å². The van der Waals surface area contributed by atoms with Gasteiger partial charge < -0.3 is 18.9 Å². The number of ether oxygens (including phenoxy) is 4. The highest BCUT2D eigenvalue weighted by molar-refractivity contribution is 6.01. The Labute approximate surface area is 154 Å². The summed E-state index contributed by atoms with van der Waals surface area (Å²) in [7, 11) is 2.88. The number of halogens is 2. The fraction of sp³-hybridized carbons (Fsp3) is 0.263. The van der Waals surface area contributed by atoms with Gasteiger partial charge in [0.2, 0.25) is 5.78 Å². The standard InChI is InChI=1S/C19H18F2O6/c1-11(17(22)12-4-6-14(7-5-12)27-19(20)21)26-18(23)13-8-15(24-2)10-16(9-13)25-3/h4-11,19H,1-3H3/t11-/m1/s1. The van der Waals surface area contributed by atoms with Crippen LogP contribution in [-0.4, -0.2) is 38.7 Å². The molecule has 0 heterocycles. The van der Waals surface area contributed by atoms with Crippen molar-refractivity contribution < 1.29 is 37.3 Å². The van der Waals surface area contributed by atoms with E-state index in [2.05, 4.69) is 4.74 Å². The lowest BCUT2D eigenvalue weighted by Gasteiger charge is -2.14. The first-order chi connectivity index (χ1) is 12.8. The molecule has 0 spiro atoms. The van der Waals surface area contributed by atoms with Crippen LogP contribution in [0.4, 0.5) is 8.78 Å². The quantitative estimate of drug-likeness (QED) is 0.513. The Kier molecular flexibility index (Phi) is 6.70. The van der Waals surface area contributed by atoms with Crippen molar-refractivity contribution in [3.05, 3.63) is 53.6 Å². The van der Waals surface area contributed by atoms with Gasteiger partial charge >= 0.3 is 12.6 Å². The summed E-state index contributed by atoms with van der Waals surface area (Å²) in [5, 5.41) is 0. The lowest BCUT2D eigenvalue weighted by atomic mass is 10.1. The first kappa shape index (κ1) is 20.2. The zero-order valence-corrected chi connectivity index (χ0v) is 14.9. The summed E-state index contributed by atoms with van der Waals surface area (Å²) in [5.41, 5.74) is 0.353. The molecule has 2 rings (SSSR count). The number of carbonyl (C=O) groups is 2. The zero-order chi connectivity index (χ0) is 20.0. The second-order valence-electron chi connectivity index (χ2n) is 5.42. The van der Waals surface area contributed by atoms with E-state index in [1.807, 2.05) is 0 Å². The second kappa shape index (κ2) is 8.98. The number of hydrogen-bond acceptors (Lipinski definition) is 6. The molecular weight excluding hydrogens is 362 g/mol. The molecule has 1 atom stereocenters. The average Bonchev–Trinajstić information content (AvgIpc) is 2.66. The minimum Gasteiger partial charge on any atom is -0.497 e. The minimum atomic E-state index is -2.95. The maximum Gasteiger partial charge on any atom is 0.387 e. The van der Waals surface area contributed by atoms with E-state index in [0.29, 0.717) is 11.5 Å². The summed E-state index contributed by atoms with van der Waals surface area (Å²) in [6.07, 6.45) is -1.09. The predicted molar refractivity (Wildman–Crippen MR) is 91.8 cm³/mol. The molecule has 0 saturated heterocycles. The molecule has 0 aliphatic rings. The Balaban J connectivity index is 2.08. The van der Waals surface area contributed by atoms with Crippen LogP contribution in [-0.2, 0) is 4.74 Å². The van der Waals surface area contributed by atoms with Crippen LogP contribution in [0.3, 0.4) is 0 Å². The first-order valence-electron chi connectivity index (χ1n) is 7.87. The smallest absolute Gasteiger partial charge is 0.387 e. The largest absolute Gasteiger partial charge is 0.497 e. The van der Waals surface area contributed by atoms with Gasteiger partial charge in [0.15, 0.2) is 6.10 Å². The first-order valence-corrected chi connectivity index (χ1v) is 7.87. The topological polar surface area (TPSA) is 71.1 Å². The van der Waals surface area contributed by atoms with Crippen LogP contribution >= 0.6 is 0 Å². The predicted octanol–water partition coefficient (Wildman–Crippen LogP) is 3.73. The molecule has 2 aromatic rings. The van der Waals surface area contributed by atoms with E-state index < -0.39 is 24.5 Å². The van der Waals surface area contributed by atoms with Crippen molar-refractivity contribution in [3.8, 4) is 17.2 Å². The van der Waals surface area contributed by atoms with Crippen LogP contribution < -0.4 is 14.2 Å². The second-order valence-corrected chi connectivity index (χ2v) is 5.42. The molecule has 144 valence electrons. The number of rotatable bonds is 8. The third-order valence-corrected chi connectivity index (χ3v) is 3.60. The van der Waals surface area contributed by atoms with Crippen LogP contribution in [0.25, 0.3) is 0 Å². The Morgan fingerprint density at radius 2 is 1.41 bits per heavy atom. The summed E-state index contributed by atoms with van der Waals surface area (Å²) < 4.78 is 43.9. The summed E-state index contributed by atoms with van der Waals surface area (Å²) in [4.78, 5) is 24.7. The molecule has 6 nitrogen and oxygen atoms in total. The van der Waals surface area contributed by atoms with Crippen LogP contribution in [0.15, 0.2) is 42.5 Å². The third-order valence-electron chi connectivity index (χ3n) is 3.60. The van der Waals surface area contributed by atoms with Gasteiger partial charge in [-0.15, -0.1) is 0 Å². The average molecular weight is 380 g/mol. The van der Waals surface area contributed by atoms with E-state index in [-0.39, 0.29) is 16.9 Å². The van der Waals surface area contributed by atoms with Gasteiger partial charge in [-0.05, 0) is 43.3 Å². The van der Waals surface area contributed by atoms with E-state index in [1.54, 1.807) is 6.07 Å². The number of carbonyl (C=O) groups excluding carboxylic acids is 2. The molecule has 0 fully saturated rings. The molecule has 0 saturated carbocycles. The van der Waals surface area contributed by atoms with Gasteiger partial charge in [0.1, 0.15) is 17.2 Å². The fourth-order valence-electron chi connectivity index (χ4n) is 2.24. The maximum absolute atomic E-state index is 12.4. The van der Waals surface area contributed by atoms with Crippen molar-refractivity contribution in [1.29, 1.82) is 0 Å². The molecule has 0 unspecified atom stereocenters. The highest BCUT2D eigenvalue weighted by Crippen LogP contribution is 2.23. The maximum atomic E-state index is 12.4. The Bertz CT molecular complexity index is 782. The number of methoxy groups -OCH3 is 2. The highest BCUT2D eigenvalue weighted by Gasteiger charge is 2.21. The Morgan fingerprint density at radius 3 is 1.89 bits per heavy atom. The lowest BCUT2D eigenvalue weighted by molar-refractivity contribution is -0.0498. The van der Waals surface area contributed by atoms with Crippen LogP contribution in [0, 0.1) is 0 Å². The molecule has 27 heavy (non-hydrogen) atoms. The van der Waals surface area contributed by atoms with Gasteiger partial charge in [0.25, 0.3) is 0 Å². The van der Waals surface area contributed by atoms with Gasteiger partial charge in [0, 0.05) is 11.6 Å². The molecule has 0 aliphatic carbocycles. The normalized spacial score (nSPS) is 11.6. The van der Waals surface area contributed by atoms with E-state index in [1.165, 1.54) is 57.5 Å². The zero-order valence-electron chi connectivity index (χ0n) is 14.9. The van der Waals surface area contributed by atoms with Crippen molar-refractivity contribution in [2.24, 2.45) is 0 Å². The van der Waals surface area contributed by atoms with E-state index in [4.69, 9.17) is 14.2 Å². The van der Waals surface area contributed by atoms with Crippen molar-refractivity contribution in [2.45, 2.75) is 19.6 Å². The van der Waals surface area contributed by atoms with E-state index >= 15 is 0 Å². The number of ketones is 1. The van der Waals surface area contributed by atoms with Gasteiger partial charge in [-0.25, -0.2) is 4.79 Å². The van der Waals surface area contributed by atoms with Gasteiger partial charge in [-0.1, -0.05) is 0 Å². The SMILES string of the molecule is COc1cc(OC)cc(C(=O)O[C@H](C)C(=O)c2ccc(OC(F)F)cc2)c1. The van der Waals surface area contributed by atoms with Gasteiger partial charge in [-0.2, -0.15) is 8.78 Å². The Morgan fingerprint density at radius 1 is 0.852 bits per heavy atom. The molecule has 0 amide bonds. The molecule has 0 bridgehead atoms. The van der Waals surface area contributed by atoms with Crippen molar-refractivity contribution in [3.63, 3.8) is 0 Å². The monoisotopic (exact) mass is 380 g/mol. The van der Waals surface area contributed by atoms with Crippen molar-refractivity contribution >= 4 is 11.8 Å². The molecule has 0 aliphatic heterocycles. The van der Waals surface area contributed by atoms with Crippen molar-refractivity contribution in [1.82, 2.24) is 0 Å². The summed E-state index contributed by atoms with van der Waals surface area (Å²) >= 11 is 0. The molecular formula is C19H18F2O6. The molecule has 2 aromatic carbocycles. The fourth-order valence-corrected chi connectivity index (χ4v) is 2.24. The molecule has 8 heteroatoms. The molecule has 0 aromatic heterocycles. The van der Waals surface area contributed by atoms with E-state index in [0.717, 1.165) is 0 Å². The summed E-state index contributed by atoms with van der Waals surface area (Å²) in [6.45, 7) is -1.53. The van der Waals surface area contributed by atoms with Gasteiger partial charge in [-0.3, -0.25) is 4.79 Å². The summed E-state index contributed by atoms with van der Waals surface area (Å²) in [5.74, 6) is -0.494. The number of alkyl halides is 2. The minimum absolute atomic E-state index is 0.0744. The molecule has 0 radical (unpaired) electrons. The number of benzene rings is 2. The highest BCUT2D eigenvalue weighted by atomic mass is 19.3. The molecule has 0 N–H and O–H groups in total. The third kappa shape index (κ3) is 5.40. The summed E-state index contributed by atoms with van der Waals surface area (Å²) in [6, 6.07) is 9.62. The number of esters is 1. The lowest BCUT2D eigenvalue weighted by Crippen LogP contribution is -2.24. The number of hydrogen-bond donors (Lipinski definition) is 0. The van der Waals surface area contributed by atoms with Crippen LogP contribution in [0.1, 0.15) is 27.6 Å². The Hall–Kier alpha value is -3.16. The van der Waals surface area contributed by atoms with Gasteiger partial charge in [0.05, 0.1) is 19.8 Å².